The molecule has 0 bridgehead atoms. The van der Waals surface area contributed by atoms with Crippen LogP contribution in [-0.2, 0) is 19.4 Å². The van der Waals surface area contributed by atoms with Crippen molar-refractivity contribution in [3.05, 3.63) is 56.7 Å². The molecule has 0 radical (unpaired) electrons. The van der Waals surface area contributed by atoms with Crippen molar-refractivity contribution in [2.24, 2.45) is 0 Å². The Hall–Kier alpha value is -2.25. The van der Waals surface area contributed by atoms with E-state index in [9.17, 15) is 9.18 Å². The fraction of sp³-hybridized carbons (Fsp3) is 0.400. The summed E-state index contributed by atoms with van der Waals surface area (Å²) in [6.07, 6.45) is 3.21. The van der Waals surface area contributed by atoms with Crippen LogP contribution in [0.4, 0.5) is 10.1 Å². The lowest BCUT2D eigenvalue weighted by Crippen LogP contribution is -2.46. The number of para-hydroxylation sites is 1. The number of hydrogen-bond donors (Lipinski definition) is 1. The minimum atomic E-state index is -0.173. The Morgan fingerprint density at radius 3 is 2.78 bits per heavy atom. The Morgan fingerprint density at radius 2 is 1.96 bits per heavy atom. The standard InChI is InChI=1S/C20H21FN4OS/c21-14-5-1-2-6-15(14)25-10-8-24(9-11-25)12-17-22-19(26)18-13-4-3-7-16(13)27-20(18)23-17/h1-2,5-6H,3-4,7-12H2,(H,22,23,26). The number of aromatic amines is 1. The van der Waals surface area contributed by atoms with Crippen LogP contribution in [0.25, 0.3) is 10.2 Å². The summed E-state index contributed by atoms with van der Waals surface area (Å²) in [4.78, 5) is 26.9. The summed E-state index contributed by atoms with van der Waals surface area (Å²) in [5, 5.41) is 0.806. The first-order chi connectivity index (χ1) is 13.2. The second-order valence-corrected chi connectivity index (χ2v) is 8.35. The van der Waals surface area contributed by atoms with Gasteiger partial charge >= 0.3 is 0 Å². The number of fused-ring (bicyclic) bond motifs is 3. The molecular formula is C20H21FN4OS. The first-order valence-electron chi connectivity index (χ1n) is 9.44. The van der Waals surface area contributed by atoms with Crippen molar-refractivity contribution in [3.63, 3.8) is 0 Å². The molecule has 1 fully saturated rings. The Kier molecular flexibility index (Phi) is 4.21. The highest BCUT2D eigenvalue weighted by Crippen LogP contribution is 2.34. The Labute approximate surface area is 160 Å². The van der Waals surface area contributed by atoms with E-state index in [-0.39, 0.29) is 11.4 Å². The molecule has 1 aliphatic carbocycles. The van der Waals surface area contributed by atoms with Gasteiger partial charge in [-0.25, -0.2) is 9.37 Å². The summed E-state index contributed by atoms with van der Waals surface area (Å²) in [7, 11) is 0. The topological polar surface area (TPSA) is 52.2 Å². The fourth-order valence-electron chi connectivity index (χ4n) is 4.19. The molecule has 2 aliphatic rings. The smallest absolute Gasteiger partial charge is 0.259 e. The maximum atomic E-state index is 14.0. The molecule has 140 valence electrons. The number of nitrogens with one attached hydrogen (secondary N) is 1. The van der Waals surface area contributed by atoms with Gasteiger partial charge in [-0.2, -0.15) is 0 Å². The van der Waals surface area contributed by atoms with Gasteiger partial charge in [0.15, 0.2) is 0 Å². The van der Waals surface area contributed by atoms with Gasteiger partial charge in [-0.15, -0.1) is 11.3 Å². The number of rotatable bonds is 3. The third kappa shape index (κ3) is 3.04. The number of aryl methyl sites for hydroxylation is 2. The molecule has 1 N–H and O–H groups in total. The van der Waals surface area contributed by atoms with E-state index in [1.165, 1.54) is 16.5 Å². The van der Waals surface area contributed by atoms with Gasteiger partial charge in [0.05, 0.1) is 17.6 Å². The van der Waals surface area contributed by atoms with Crippen molar-refractivity contribution < 1.29 is 4.39 Å². The van der Waals surface area contributed by atoms with E-state index in [0.717, 1.165) is 61.5 Å². The SMILES string of the molecule is O=c1[nH]c(CN2CCN(c3ccccc3F)CC2)nc2sc3c(c12)CCC3. The number of halogens is 1. The van der Waals surface area contributed by atoms with Crippen molar-refractivity contribution in [3.8, 4) is 0 Å². The van der Waals surface area contributed by atoms with Gasteiger partial charge in [-0.05, 0) is 37.0 Å². The van der Waals surface area contributed by atoms with E-state index < -0.39 is 0 Å². The second-order valence-electron chi connectivity index (χ2n) is 7.26. The summed E-state index contributed by atoms with van der Waals surface area (Å²) in [6, 6.07) is 6.92. The lowest BCUT2D eigenvalue weighted by atomic mass is 10.2. The highest BCUT2D eigenvalue weighted by Gasteiger charge is 2.23. The molecule has 1 aliphatic heterocycles. The molecule has 1 aromatic carbocycles. The van der Waals surface area contributed by atoms with Gasteiger partial charge in [-0.1, -0.05) is 12.1 Å². The van der Waals surface area contributed by atoms with Crippen molar-refractivity contribution in [2.75, 3.05) is 31.1 Å². The molecule has 5 nitrogen and oxygen atoms in total. The predicted octanol–water partition coefficient (Wildman–Crippen LogP) is 2.93. The molecule has 2 aromatic heterocycles. The summed E-state index contributed by atoms with van der Waals surface area (Å²) >= 11 is 1.68. The van der Waals surface area contributed by atoms with Crippen LogP contribution in [0.2, 0.25) is 0 Å². The zero-order valence-electron chi connectivity index (χ0n) is 15.0. The number of nitrogens with zero attached hydrogens (tertiary/aromatic N) is 3. The molecule has 0 spiro atoms. The number of H-pyrrole nitrogens is 1. The normalized spacial score (nSPS) is 17.6. The van der Waals surface area contributed by atoms with E-state index in [4.69, 9.17) is 4.98 Å². The molecule has 7 heteroatoms. The first-order valence-corrected chi connectivity index (χ1v) is 10.3. The summed E-state index contributed by atoms with van der Waals surface area (Å²) in [5.41, 5.74) is 1.88. The Morgan fingerprint density at radius 1 is 1.15 bits per heavy atom. The molecule has 0 saturated carbocycles. The minimum Gasteiger partial charge on any atom is -0.367 e. The summed E-state index contributed by atoms with van der Waals surface area (Å²) in [5.74, 6) is 0.555. The largest absolute Gasteiger partial charge is 0.367 e. The van der Waals surface area contributed by atoms with E-state index >= 15 is 0 Å². The summed E-state index contributed by atoms with van der Waals surface area (Å²) in [6.45, 7) is 3.79. The van der Waals surface area contributed by atoms with Crippen molar-refractivity contribution >= 4 is 27.2 Å². The lowest BCUT2D eigenvalue weighted by molar-refractivity contribution is 0.243. The monoisotopic (exact) mass is 384 g/mol. The second kappa shape index (κ2) is 6.73. The quantitative estimate of drug-likeness (QED) is 0.754. The first kappa shape index (κ1) is 16.9. The average molecular weight is 384 g/mol. The average Bonchev–Trinajstić information content (AvgIpc) is 3.23. The van der Waals surface area contributed by atoms with Crippen molar-refractivity contribution in [1.82, 2.24) is 14.9 Å². The van der Waals surface area contributed by atoms with E-state index in [0.29, 0.717) is 12.2 Å². The maximum absolute atomic E-state index is 14.0. The molecule has 0 unspecified atom stereocenters. The van der Waals surface area contributed by atoms with E-state index in [2.05, 4.69) is 14.8 Å². The molecule has 0 atom stereocenters. The number of piperazine rings is 1. The van der Waals surface area contributed by atoms with Crippen molar-refractivity contribution in [2.45, 2.75) is 25.8 Å². The van der Waals surface area contributed by atoms with E-state index in [1.54, 1.807) is 17.4 Å². The highest BCUT2D eigenvalue weighted by atomic mass is 32.1. The predicted molar refractivity (Wildman–Crippen MR) is 106 cm³/mol. The van der Waals surface area contributed by atoms with Crippen LogP contribution >= 0.6 is 11.3 Å². The maximum Gasteiger partial charge on any atom is 0.259 e. The number of aromatic nitrogens is 2. The van der Waals surface area contributed by atoms with Crippen LogP contribution in [0.5, 0.6) is 0 Å². The molecular weight excluding hydrogens is 363 g/mol. The van der Waals surface area contributed by atoms with Crippen LogP contribution < -0.4 is 10.5 Å². The van der Waals surface area contributed by atoms with Crippen LogP contribution in [0.3, 0.4) is 0 Å². The Bertz CT molecular complexity index is 1050. The van der Waals surface area contributed by atoms with E-state index in [1.807, 2.05) is 12.1 Å². The molecule has 5 rings (SSSR count). The molecule has 3 aromatic rings. The number of thiophene rings is 1. The molecule has 0 amide bonds. The zero-order valence-corrected chi connectivity index (χ0v) is 15.8. The highest BCUT2D eigenvalue weighted by molar-refractivity contribution is 7.18. The third-order valence-corrected chi connectivity index (χ3v) is 6.75. The van der Waals surface area contributed by atoms with Gasteiger partial charge in [0.1, 0.15) is 16.5 Å². The Balaban J connectivity index is 1.31. The molecule has 1 saturated heterocycles. The number of anilines is 1. The minimum absolute atomic E-state index is 0.000562. The molecule has 27 heavy (non-hydrogen) atoms. The lowest BCUT2D eigenvalue weighted by Gasteiger charge is -2.35. The van der Waals surface area contributed by atoms with Crippen molar-refractivity contribution in [1.29, 1.82) is 0 Å². The van der Waals surface area contributed by atoms with Crippen LogP contribution in [-0.4, -0.2) is 41.0 Å². The van der Waals surface area contributed by atoms with Gasteiger partial charge in [0.2, 0.25) is 0 Å². The van der Waals surface area contributed by atoms with Gasteiger partial charge in [0.25, 0.3) is 5.56 Å². The van der Waals surface area contributed by atoms with Gasteiger partial charge in [-0.3, -0.25) is 9.69 Å². The fourth-order valence-corrected chi connectivity index (χ4v) is 5.47. The molecule has 3 heterocycles. The van der Waals surface area contributed by atoms with Crippen LogP contribution in [0, 0.1) is 5.82 Å². The van der Waals surface area contributed by atoms with Gasteiger partial charge in [0, 0.05) is 31.1 Å². The van der Waals surface area contributed by atoms with Gasteiger partial charge < -0.3 is 9.88 Å². The van der Waals surface area contributed by atoms with Crippen LogP contribution in [0.1, 0.15) is 22.7 Å². The van der Waals surface area contributed by atoms with Crippen LogP contribution in [0.15, 0.2) is 29.1 Å². The number of hydrogen-bond acceptors (Lipinski definition) is 5. The number of benzene rings is 1. The zero-order chi connectivity index (χ0) is 18.4. The summed E-state index contributed by atoms with van der Waals surface area (Å²) < 4.78 is 14.0. The third-order valence-electron chi connectivity index (χ3n) is 5.56.